The zero-order valence-electron chi connectivity index (χ0n) is 34.7. The van der Waals surface area contributed by atoms with E-state index in [0.29, 0.717) is 159 Å². The maximum atomic E-state index is 6.74. The summed E-state index contributed by atoms with van der Waals surface area (Å²) in [6, 6.07) is 31.0. The predicted octanol–water partition coefficient (Wildman–Crippen LogP) is 5.63. The first-order valence-electron chi connectivity index (χ1n) is 20.7. The summed E-state index contributed by atoms with van der Waals surface area (Å²) in [5, 5.41) is 0. The number of halogens is 1. The molecule has 0 spiro atoms. The van der Waals surface area contributed by atoms with Gasteiger partial charge in [-0.3, -0.25) is 0 Å². The summed E-state index contributed by atoms with van der Waals surface area (Å²) in [6.07, 6.45) is 0. The Morgan fingerprint density at radius 2 is 0.441 bits per heavy atom. The molecular formula is C45H67IO13. The van der Waals surface area contributed by atoms with Crippen LogP contribution in [0.2, 0.25) is 0 Å². The SMILES string of the molecule is ICCOCCOCCOCCOCCOCCOCCOCCOCCOCCOCCOCCOCCOC(c1ccccc1)(c1ccccc1)c1ccccc1. The van der Waals surface area contributed by atoms with Crippen LogP contribution in [0.4, 0.5) is 0 Å². The van der Waals surface area contributed by atoms with Crippen molar-refractivity contribution in [2.75, 3.05) is 170 Å². The summed E-state index contributed by atoms with van der Waals surface area (Å²) in [7, 11) is 0. The van der Waals surface area contributed by atoms with Crippen LogP contribution in [0, 0.1) is 0 Å². The standard InChI is InChI=1S/C45H67IO13/c46-16-17-47-18-19-48-20-21-49-22-23-50-24-25-51-26-27-52-28-29-53-30-31-54-32-33-55-34-35-56-36-37-57-38-39-58-40-41-59-45(42-10-4-1-5-11-42,43-12-6-2-7-13-43)44-14-8-3-9-15-44/h1-15H,16-41H2. The second-order valence-electron chi connectivity index (χ2n) is 12.7. The van der Waals surface area contributed by atoms with Gasteiger partial charge in [0.25, 0.3) is 0 Å². The fraction of sp³-hybridized carbons (Fsp3) is 0.600. The highest BCUT2D eigenvalue weighted by Gasteiger charge is 2.37. The van der Waals surface area contributed by atoms with E-state index in [0.717, 1.165) is 27.7 Å². The molecule has 0 bridgehead atoms. The summed E-state index contributed by atoms with van der Waals surface area (Å²) in [4.78, 5) is 0. The van der Waals surface area contributed by atoms with Crippen molar-refractivity contribution in [2.24, 2.45) is 0 Å². The molecule has 0 saturated heterocycles. The predicted molar refractivity (Wildman–Crippen MR) is 234 cm³/mol. The van der Waals surface area contributed by atoms with E-state index in [1.54, 1.807) is 0 Å². The van der Waals surface area contributed by atoms with Crippen molar-refractivity contribution in [1.82, 2.24) is 0 Å². The molecule has 0 aliphatic rings. The summed E-state index contributed by atoms with van der Waals surface area (Å²) in [6.45, 7) is 13.0. The molecule has 0 atom stereocenters. The van der Waals surface area contributed by atoms with Crippen molar-refractivity contribution in [1.29, 1.82) is 0 Å². The second-order valence-corrected chi connectivity index (χ2v) is 13.7. The number of ether oxygens (including phenoxy) is 13. The van der Waals surface area contributed by atoms with Crippen molar-refractivity contribution in [3.8, 4) is 0 Å². The molecule has 13 nitrogen and oxygen atoms in total. The summed E-state index contributed by atoms with van der Waals surface area (Å²) in [5.41, 5.74) is 2.45. The Kier molecular flexibility index (Phi) is 32.7. The molecule has 3 aromatic rings. The smallest absolute Gasteiger partial charge is 0.143 e. The van der Waals surface area contributed by atoms with Gasteiger partial charge in [0.1, 0.15) is 5.60 Å². The van der Waals surface area contributed by atoms with Gasteiger partial charge in [-0.25, -0.2) is 0 Å². The normalized spacial score (nSPS) is 11.7. The van der Waals surface area contributed by atoms with Crippen LogP contribution in [-0.4, -0.2) is 170 Å². The molecule has 0 amide bonds. The highest BCUT2D eigenvalue weighted by Crippen LogP contribution is 2.40. The molecule has 0 fully saturated rings. The largest absolute Gasteiger partial charge is 0.378 e. The molecule has 0 heterocycles. The lowest BCUT2D eigenvalue weighted by molar-refractivity contribution is -0.0399. The van der Waals surface area contributed by atoms with Crippen LogP contribution in [0.3, 0.4) is 0 Å². The monoisotopic (exact) mass is 942 g/mol. The van der Waals surface area contributed by atoms with Crippen LogP contribution in [0.1, 0.15) is 16.7 Å². The van der Waals surface area contributed by atoms with Crippen molar-refractivity contribution >= 4 is 22.6 Å². The van der Waals surface area contributed by atoms with Crippen molar-refractivity contribution in [3.05, 3.63) is 108 Å². The summed E-state index contributed by atoms with van der Waals surface area (Å²) in [5.74, 6) is 0. The quantitative estimate of drug-likeness (QED) is 0.0303. The van der Waals surface area contributed by atoms with Crippen LogP contribution in [0.25, 0.3) is 0 Å². The number of rotatable bonds is 42. The van der Waals surface area contributed by atoms with E-state index >= 15 is 0 Å². The van der Waals surface area contributed by atoms with E-state index in [4.69, 9.17) is 61.6 Å². The molecule has 332 valence electrons. The number of hydrogen-bond acceptors (Lipinski definition) is 13. The zero-order valence-corrected chi connectivity index (χ0v) is 36.9. The van der Waals surface area contributed by atoms with Gasteiger partial charge in [0.15, 0.2) is 0 Å². The van der Waals surface area contributed by atoms with Gasteiger partial charge in [0.05, 0.1) is 165 Å². The Hall–Kier alpha value is -2.13. The fourth-order valence-corrected chi connectivity index (χ4v) is 5.91. The van der Waals surface area contributed by atoms with Crippen molar-refractivity contribution < 1.29 is 61.6 Å². The summed E-state index contributed by atoms with van der Waals surface area (Å²) >= 11 is 2.28. The Balaban J connectivity index is 1.02. The number of hydrogen-bond donors (Lipinski definition) is 0. The van der Waals surface area contributed by atoms with Gasteiger partial charge in [-0.1, -0.05) is 114 Å². The van der Waals surface area contributed by atoms with Crippen LogP contribution in [-0.2, 0) is 67.2 Å². The van der Waals surface area contributed by atoms with E-state index in [9.17, 15) is 0 Å². The number of alkyl halides is 1. The molecule has 3 rings (SSSR count). The van der Waals surface area contributed by atoms with Gasteiger partial charge < -0.3 is 61.6 Å². The molecule has 0 radical (unpaired) electrons. The molecule has 0 N–H and O–H groups in total. The van der Waals surface area contributed by atoms with E-state index in [-0.39, 0.29) is 0 Å². The maximum absolute atomic E-state index is 6.74. The van der Waals surface area contributed by atoms with E-state index < -0.39 is 5.60 Å². The Morgan fingerprint density at radius 1 is 0.254 bits per heavy atom. The second kappa shape index (κ2) is 37.6. The lowest BCUT2D eigenvalue weighted by atomic mass is 9.80. The van der Waals surface area contributed by atoms with Crippen molar-refractivity contribution in [3.63, 3.8) is 0 Å². The van der Waals surface area contributed by atoms with Crippen LogP contribution < -0.4 is 0 Å². The van der Waals surface area contributed by atoms with E-state index in [1.165, 1.54) is 0 Å². The van der Waals surface area contributed by atoms with Gasteiger partial charge in [0.2, 0.25) is 0 Å². The lowest BCUT2D eigenvalue weighted by Gasteiger charge is -2.36. The van der Waals surface area contributed by atoms with Gasteiger partial charge in [-0.05, 0) is 16.7 Å². The first-order valence-corrected chi connectivity index (χ1v) is 22.2. The first-order chi connectivity index (χ1) is 29.4. The van der Waals surface area contributed by atoms with Gasteiger partial charge in [-0.2, -0.15) is 0 Å². The minimum atomic E-state index is -0.753. The zero-order chi connectivity index (χ0) is 41.4. The topological polar surface area (TPSA) is 120 Å². The first kappa shape index (κ1) is 51.2. The van der Waals surface area contributed by atoms with Crippen LogP contribution in [0.5, 0.6) is 0 Å². The Labute approximate surface area is 365 Å². The molecule has 0 aliphatic heterocycles. The van der Waals surface area contributed by atoms with Crippen molar-refractivity contribution in [2.45, 2.75) is 5.60 Å². The highest BCUT2D eigenvalue weighted by molar-refractivity contribution is 14.1. The van der Waals surface area contributed by atoms with Crippen LogP contribution >= 0.6 is 22.6 Å². The molecule has 0 unspecified atom stereocenters. The lowest BCUT2D eigenvalue weighted by Crippen LogP contribution is -2.34. The molecule has 0 saturated carbocycles. The third-order valence-corrected chi connectivity index (χ3v) is 8.84. The fourth-order valence-electron chi connectivity index (χ4n) is 5.60. The number of benzene rings is 3. The minimum Gasteiger partial charge on any atom is -0.378 e. The van der Waals surface area contributed by atoms with Gasteiger partial charge in [-0.15, -0.1) is 0 Å². The minimum absolute atomic E-state index is 0.414. The average molecular weight is 943 g/mol. The molecule has 0 aliphatic carbocycles. The van der Waals surface area contributed by atoms with E-state index in [2.05, 4.69) is 59.0 Å². The molecule has 0 aromatic heterocycles. The Morgan fingerprint density at radius 3 is 0.644 bits per heavy atom. The maximum Gasteiger partial charge on any atom is 0.143 e. The van der Waals surface area contributed by atoms with E-state index in [1.807, 2.05) is 54.6 Å². The molecule has 14 heteroatoms. The van der Waals surface area contributed by atoms with Gasteiger partial charge >= 0.3 is 0 Å². The Bertz CT molecular complexity index is 1220. The summed E-state index contributed by atoms with van der Waals surface area (Å²) < 4.78 is 74.2. The van der Waals surface area contributed by atoms with Crippen LogP contribution in [0.15, 0.2) is 91.0 Å². The molecule has 59 heavy (non-hydrogen) atoms. The molecule has 3 aromatic carbocycles. The third-order valence-electron chi connectivity index (χ3n) is 8.40. The third kappa shape index (κ3) is 24.8. The van der Waals surface area contributed by atoms with Gasteiger partial charge in [0, 0.05) is 4.43 Å². The average Bonchev–Trinajstić information content (AvgIpc) is 3.28. The highest BCUT2D eigenvalue weighted by atomic mass is 127. The molecular weight excluding hydrogens is 875 g/mol.